The van der Waals surface area contributed by atoms with Crippen molar-refractivity contribution in [3.8, 4) is 11.8 Å². The molecule has 0 spiro atoms. The zero-order valence-corrected chi connectivity index (χ0v) is 28.5. The number of benzene rings is 2. The number of ether oxygens (including phenoxy) is 2. The molecule has 252 valence electrons. The van der Waals surface area contributed by atoms with E-state index >= 15 is 0 Å². The van der Waals surface area contributed by atoms with Crippen molar-refractivity contribution in [2.75, 3.05) is 39.2 Å². The molecule has 2 N–H and O–H groups in total. The van der Waals surface area contributed by atoms with E-state index in [2.05, 4.69) is 25.6 Å². The number of aromatic nitrogens is 3. The Morgan fingerprint density at radius 2 is 1.92 bits per heavy atom. The number of nitrogens with zero attached hydrogens (tertiary/aromatic N) is 5. The number of nitrogens with one attached hydrogen (secondary N) is 2. The predicted octanol–water partition coefficient (Wildman–Crippen LogP) is 4.83. The van der Waals surface area contributed by atoms with Crippen LogP contribution in [0.2, 0.25) is 10.0 Å². The highest BCUT2D eigenvalue weighted by atomic mass is 35.5. The molecule has 1 aliphatic heterocycles. The Hall–Kier alpha value is -4.68. The van der Waals surface area contributed by atoms with Crippen LogP contribution in [0.15, 0.2) is 59.7 Å². The predicted molar refractivity (Wildman–Crippen MR) is 185 cm³/mol. The Bertz CT molecular complexity index is 1830. The van der Waals surface area contributed by atoms with E-state index in [1.54, 1.807) is 45.6 Å². The van der Waals surface area contributed by atoms with Crippen molar-refractivity contribution < 1.29 is 23.9 Å². The van der Waals surface area contributed by atoms with E-state index in [0.717, 1.165) is 11.2 Å². The number of methoxy groups -OCH3 is 1. The zero-order chi connectivity index (χ0) is 34.2. The van der Waals surface area contributed by atoms with Crippen LogP contribution in [0.1, 0.15) is 36.9 Å². The summed E-state index contributed by atoms with van der Waals surface area (Å²) in [6.07, 6.45) is 2.83. The first-order valence-corrected chi connectivity index (χ1v) is 16.3. The van der Waals surface area contributed by atoms with Gasteiger partial charge in [-0.05, 0) is 48.7 Å². The van der Waals surface area contributed by atoms with Crippen molar-refractivity contribution in [3.05, 3.63) is 76.0 Å². The fraction of sp³-hybridized carbons (Fsp3) is 0.353. The molecular weight excluding hydrogens is 657 g/mol. The van der Waals surface area contributed by atoms with Gasteiger partial charge in [-0.15, -0.1) is 0 Å². The van der Waals surface area contributed by atoms with E-state index in [9.17, 15) is 14.4 Å². The van der Waals surface area contributed by atoms with Crippen LogP contribution in [0.4, 0.5) is 5.69 Å². The molecule has 0 saturated carbocycles. The first kappa shape index (κ1) is 34.6. The van der Waals surface area contributed by atoms with Gasteiger partial charge >= 0.3 is 0 Å². The van der Waals surface area contributed by atoms with Gasteiger partial charge in [0.25, 0.3) is 11.9 Å². The van der Waals surface area contributed by atoms with E-state index in [-0.39, 0.29) is 48.0 Å². The van der Waals surface area contributed by atoms with Gasteiger partial charge in [-0.2, -0.15) is 4.98 Å². The molecule has 3 heterocycles. The molecule has 2 amide bonds. The van der Waals surface area contributed by atoms with Crippen molar-refractivity contribution >= 4 is 63.4 Å². The second-order valence-electron chi connectivity index (χ2n) is 11.3. The number of fused-ring (bicyclic) bond motifs is 1. The number of Topliss-reactive ketones (excluding diaryl/α,β-unsaturated/α-hetero) is 1. The number of anilines is 1. The number of hydrogen-bond donors (Lipinski definition) is 2. The minimum atomic E-state index is -0.257. The summed E-state index contributed by atoms with van der Waals surface area (Å²) in [4.78, 5) is 52.2. The third-order valence-electron chi connectivity index (χ3n) is 8.17. The number of carbonyl (C=O) groups excluding carboxylic acids is 3. The monoisotopic (exact) mass is 693 g/mol. The highest BCUT2D eigenvalue weighted by molar-refractivity contribution is 6.38. The van der Waals surface area contributed by atoms with Crippen molar-refractivity contribution in [2.24, 2.45) is 10.9 Å². The van der Waals surface area contributed by atoms with Crippen molar-refractivity contribution in [1.82, 2.24) is 25.2 Å². The summed E-state index contributed by atoms with van der Waals surface area (Å²) in [5.74, 6) is 0.439. The van der Waals surface area contributed by atoms with Crippen LogP contribution in [0.5, 0.6) is 11.8 Å². The first-order chi connectivity index (χ1) is 23.2. The summed E-state index contributed by atoms with van der Waals surface area (Å²) in [7, 11) is 4.73. The molecule has 0 aliphatic carbocycles. The molecule has 0 saturated heterocycles. The third kappa shape index (κ3) is 8.06. The first-order valence-electron chi connectivity index (χ1n) is 15.5. The highest BCUT2D eigenvalue weighted by Gasteiger charge is 2.23. The maximum atomic E-state index is 13.1. The lowest BCUT2D eigenvalue weighted by Gasteiger charge is -2.22. The molecule has 1 unspecified atom stereocenters. The lowest BCUT2D eigenvalue weighted by atomic mass is 9.98. The van der Waals surface area contributed by atoms with Gasteiger partial charge in [0.1, 0.15) is 23.7 Å². The standard InChI is InChI=1S/C34H37Cl2N7O5/c1-37-33(46)32-39-17-21(18-40-32)10-11-23(44)12-15-29(45)42(2)26-14-13-25(35)24(30(26)36)20-48-28-9-6-8-27-31(28)41-34(47-3)43(27)19-22-7-4-5-16-38-22/h4-9,13-14,16,21H,10-12,15,17-20H2,1-3H3,(H,37,46)(H,39,40). The Morgan fingerprint density at radius 3 is 2.62 bits per heavy atom. The van der Waals surface area contributed by atoms with Crippen LogP contribution < -0.4 is 25.0 Å². The fourth-order valence-corrected chi connectivity index (χ4v) is 6.00. The van der Waals surface area contributed by atoms with Crippen molar-refractivity contribution in [1.29, 1.82) is 0 Å². The molecular formula is C34H37Cl2N7O5. The molecule has 4 aromatic rings. The highest BCUT2D eigenvalue weighted by Crippen LogP contribution is 2.36. The van der Waals surface area contributed by atoms with Gasteiger partial charge in [0.05, 0.1) is 35.6 Å². The van der Waals surface area contributed by atoms with E-state index in [4.69, 9.17) is 32.7 Å². The summed E-state index contributed by atoms with van der Waals surface area (Å²) < 4.78 is 13.7. The summed E-state index contributed by atoms with van der Waals surface area (Å²) in [6.45, 7) is 1.53. The van der Waals surface area contributed by atoms with Crippen LogP contribution in [0.3, 0.4) is 0 Å². The number of hydrogen-bond acceptors (Lipinski definition) is 9. The normalized spacial score (nSPS) is 14.2. The van der Waals surface area contributed by atoms with Crippen molar-refractivity contribution in [2.45, 2.75) is 38.8 Å². The number of ketones is 1. The van der Waals surface area contributed by atoms with Crippen molar-refractivity contribution in [3.63, 3.8) is 0 Å². The minimum absolute atomic E-state index is 0.0117. The van der Waals surface area contributed by atoms with Gasteiger partial charge < -0.3 is 25.0 Å². The molecule has 12 nitrogen and oxygen atoms in total. The SMILES string of the molecule is CNC(=O)C1=NCC(CCC(=O)CCC(=O)N(C)c2ccc(Cl)c(COc3cccc4c3nc(OC)n4Cc3ccccn3)c2Cl)CN1. The number of aliphatic imine (C=N–C) groups is 1. The van der Waals surface area contributed by atoms with Gasteiger partial charge in [-0.3, -0.25) is 28.9 Å². The Morgan fingerprint density at radius 1 is 1.08 bits per heavy atom. The van der Waals surface area contributed by atoms with Crippen LogP contribution in [-0.2, 0) is 27.5 Å². The number of para-hydroxylation sites is 1. The van der Waals surface area contributed by atoms with Gasteiger partial charge in [-0.25, -0.2) is 0 Å². The fourth-order valence-electron chi connectivity index (χ4n) is 5.39. The molecule has 2 aromatic carbocycles. The van der Waals surface area contributed by atoms with Crippen LogP contribution in [0.25, 0.3) is 11.0 Å². The molecule has 0 fully saturated rings. The maximum Gasteiger partial charge on any atom is 0.297 e. The topological polar surface area (TPSA) is 140 Å². The Labute approximate surface area is 288 Å². The average Bonchev–Trinajstić information content (AvgIpc) is 3.47. The molecule has 0 bridgehead atoms. The number of rotatable bonds is 14. The number of likely N-dealkylation sites (N-methyl/N-ethyl adjacent to an activating group) is 1. The van der Waals surface area contributed by atoms with Gasteiger partial charge in [0.15, 0.2) is 5.84 Å². The molecule has 1 atom stereocenters. The van der Waals surface area contributed by atoms with E-state index in [1.807, 2.05) is 34.9 Å². The molecule has 2 aromatic heterocycles. The lowest BCUT2D eigenvalue weighted by Crippen LogP contribution is -2.44. The maximum absolute atomic E-state index is 13.1. The van der Waals surface area contributed by atoms with Crippen LogP contribution in [0, 0.1) is 5.92 Å². The second-order valence-corrected chi connectivity index (χ2v) is 12.1. The number of carbonyl (C=O) groups is 3. The van der Waals surface area contributed by atoms with Crippen LogP contribution in [-0.4, -0.2) is 72.3 Å². The third-order valence-corrected chi connectivity index (χ3v) is 8.94. The van der Waals surface area contributed by atoms with Crippen LogP contribution >= 0.6 is 23.2 Å². The Kier molecular flexibility index (Phi) is 11.5. The van der Waals surface area contributed by atoms with Gasteiger partial charge in [-0.1, -0.05) is 35.3 Å². The van der Waals surface area contributed by atoms with Gasteiger partial charge in [0, 0.05) is 63.2 Å². The quantitative estimate of drug-likeness (QED) is 0.191. The summed E-state index contributed by atoms with van der Waals surface area (Å²) in [5, 5.41) is 6.20. The van der Waals surface area contributed by atoms with E-state index in [0.29, 0.717) is 71.9 Å². The van der Waals surface area contributed by atoms with E-state index in [1.165, 1.54) is 4.90 Å². The number of pyridine rings is 1. The molecule has 48 heavy (non-hydrogen) atoms. The molecule has 14 heteroatoms. The largest absolute Gasteiger partial charge is 0.486 e. The summed E-state index contributed by atoms with van der Waals surface area (Å²) >= 11 is 13.4. The minimum Gasteiger partial charge on any atom is -0.486 e. The number of amidine groups is 1. The number of imidazole rings is 1. The molecule has 5 rings (SSSR count). The molecule has 1 aliphatic rings. The zero-order valence-electron chi connectivity index (χ0n) is 27.0. The number of amides is 2. The average molecular weight is 695 g/mol. The smallest absolute Gasteiger partial charge is 0.297 e. The summed E-state index contributed by atoms with van der Waals surface area (Å²) in [5.41, 5.74) is 3.22. The van der Waals surface area contributed by atoms with Gasteiger partial charge in [0.2, 0.25) is 5.91 Å². The van der Waals surface area contributed by atoms with E-state index < -0.39 is 0 Å². The second kappa shape index (κ2) is 15.9. The summed E-state index contributed by atoms with van der Waals surface area (Å²) in [6, 6.07) is 15.1. The Balaban J connectivity index is 1.20. The molecule has 0 radical (unpaired) electrons. The lowest BCUT2D eigenvalue weighted by molar-refractivity contribution is -0.124. The number of halogens is 2.